The topological polar surface area (TPSA) is 71.7 Å². The number of ether oxygens (including phenoxy) is 1. The van der Waals surface area contributed by atoms with Crippen molar-refractivity contribution in [3.63, 3.8) is 0 Å². The SMILES string of the molecule is Cc1cccc(OCC(=O)Nc2cccc(-c3ccc(CO)o3)c2)c1C. The summed E-state index contributed by atoms with van der Waals surface area (Å²) >= 11 is 0. The maximum absolute atomic E-state index is 12.2. The average Bonchev–Trinajstić information content (AvgIpc) is 3.12. The third-order valence-electron chi connectivity index (χ3n) is 4.16. The van der Waals surface area contributed by atoms with Crippen LogP contribution in [0.15, 0.2) is 59.0 Å². The van der Waals surface area contributed by atoms with Gasteiger partial charge in [-0.2, -0.15) is 0 Å². The first-order valence-corrected chi connectivity index (χ1v) is 8.35. The molecule has 2 aromatic carbocycles. The Kier molecular flexibility index (Phi) is 5.39. The van der Waals surface area contributed by atoms with E-state index in [1.54, 1.807) is 18.2 Å². The number of benzene rings is 2. The molecule has 3 rings (SSSR count). The van der Waals surface area contributed by atoms with Gasteiger partial charge in [-0.25, -0.2) is 0 Å². The van der Waals surface area contributed by atoms with Crippen molar-refractivity contribution in [2.45, 2.75) is 20.5 Å². The molecular formula is C21H21NO4. The summed E-state index contributed by atoms with van der Waals surface area (Å²) in [6, 6.07) is 16.6. The molecule has 134 valence electrons. The van der Waals surface area contributed by atoms with Gasteiger partial charge in [0.2, 0.25) is 0 Å². The first-order valence-electron chi connectivity index (χ1n) is 8.35. The van der Waals surface area contributed by atoms with Crippen molar-refractivity contribution < 1.29 is 19.1 Å². The number of hydrogen-bond acceptors (Lipinski definition) is 4. The molecule has 1 amide bonds. The van der Waals surface area contributed by atoms with Gasteiger partial charge >= 0.3 is 0 Å². The zero-order chi connectivity index (χ0) is 18.5. The van der Waals surface area contributed by atoms with Gasteiger partial charge in [0.05, 0.1) is 0 Å². The van der Waals surface area contributed by atoms with Crippen molar-refractivity contribution in [3.8, 4) is 17.1 Å². The highest BCUT2D eigenvalue weighted by molar-refractivity contribution is 5.92. The van der Waals surface area contributed by atoms with Crippen molar-refractivity contribution in [3.05, 3.63) is 71.5 Å². The van der Waals surface area contributed by atoms with Gasteiger partial charge in [-0.05, 0) is 55.3 Å². The van der Waals surface area contributed by atoms with Crippen LogP contribution in [0.1, 0.15) is 16.9 Å². The molecule has 0 aliphatic carbocycles. The summed E-state index contributed by atoms with van der Waals surface area (Å²) < 4.78 is 11.1. The van der Waals surface area contributed by atoms with E-state index in [-0.39, 0.29) is 19.1 Å². The minimum absolute atomic E-state index is 0.0655. The van der Waals surface area contributed by atoms with E-state index in [2.05, 4.69) is 5.32 Å². The molecular weight excluding hydrogens is 330 g/mol. The smallest absolute Gasteiger partial charge is 0.262 e. The number of furan rings is 1. The molecule has 0 spiro atoms. The highest BCUT2D eigenvalue weighted by atomic mass is 16.5. The molecule has 0 aliphatic rings. The van der Waals surface area contributed by atoms with Crippen LogP contribution in [0, 0.1) is 13.8 Å². The second kappa shape index (κ2) is 7.89. The van der Waals surface area contributed by atoms with Gasteiger partial charge < -0.3 is 19.6 Å². The van der Waals surface area contributed by atoms with Crippen LogP contribution in [-0.2, 0) is 11.4 Å². The first kappa shape index (κ1) is 17.8. The van der Waals surface area contributed by atoms with E-state index in [9.17, 15) is 4.79 Å². The highest BCUT2D eigenvalue weighted by Gasteiger charge is 2.09. The Balaban J connectivity index is 1.64. The summed E-state index contributed by atoms with van der Waals surface area (Å²) in [4.78, 5) is 12.2. The van der Waals surface area contributed by atoms with Gasteiger partial charge in [0, 0.05) is 11.3 Å². The fourth-order valence-electron chi connectivity index (χ4n) is 2.59. The maximum Gasteiger partial charge on any atom is 0.262 e. The summed E-state index contributed by atoms with van der Waals surface area (Å²) in [5.41, 5.74) is 3.62. The lowest BCUT2D eigenvalue weighted by atomic mass is 10.1. The van der Waals surface area contributed by atoms with Gasteiger partial charge in [-0.15, -0.1) is 0 Å². The predicted molar refractivity (Wildman–Crippen MR) is 100 cm³/mol. The zero-order valence-electron chi connectivity index (χ0n) is 14.8. The molecule has 0 bridgehead atoms. The lowest BCUT2D eigenvalue weighted by Gasteiger charge is -2.11. The fourth-order valence-corrected chi connectivity index (χ4v) is 2.59. The van der Waals surface area contributed by atoms with Crippen molar-refractivity contribution in [1.82, 2.24) is 0 Å². The molecule has 0 unspecified atom stereocenters. The van der Waals surface area contributed by atoms with Crippen LogP contribution in [-0.4, -0.2) is 17.6 Å². The molecule has 1 aromatic heterocycles. The Hall–Kier alpha value is -3.05. The Bertz CT molecular complexity index is 914. The molecule has 0 atom stereocenters. The number of anilines is 1. The van der Waals surface area contributed by atoms with Crippen LogP contribution in [0.4, 0.5) is 5.69 Å². The number of aryl methyl sites for hydroxylation is 1. The molecule has 2 N–H and O–H groups in total. The van der Waals surface area contributed by atoms with Gasteiger partial charge in [-0.3, -0.25) is 4.79 Å². The van der Waals surface area contributed by atoms with Crippen LogP contribution >= 0.6 is 0 Å². The van der Waals surface area contributed by atoms with Crippen LogP contribution in [0.3, 0.4) is 0 Å². The van der Waals surface area contributed by atoms with E-state index in [1.165, 1.54) is 0 Å². The van der Waals surface area contributed by atoms with E-state index in [0.717, 1.165) is 16.7 Å². The molecule has 1 heterocycles. The van der Waals surface area contributed by atoms with Gasteiger partial charge in [-0.1, -0.05) is 24.3 Å². The van der Waals surface area contributed by atoms with Crippen LogP contribution in [0.5, 0.6) is 5.75 Å². The number of carbonyl (C=O) groups is 1. The lowest BCUT2D eigenvalue weighted by molar-refractivity contribution is -0.118. The molecule has 0 saturated heterocycles. The number of amides is 1. The Morgan fingerprint density at radius 2 is 1.92 bits per heavy atom. The summed E-state index contributed by atoms with van der Waals surface area (Å²) in [5.74, 6) is 1.60. The Labute approximate surface area is 152 Å². The lowest BCUT2D eigenvalue weighted by Crippen LogP contribution is -2.20. The standard InChI is InChI=1S/C21H21NO4/c1-14-5-3-8-19(15(14)2)25-13-21(24)22-17-7-4-6-16(11-17)20-10-9-18(12-23)26-20/h3-11,23H,12-13H2,1-2H3,(H,22,24). The molecule has 5 nitrogen and oxygen atoms in total. The minimum Gasteiger partial charge on any atom is -0.483 e. The van der Waals surface area contributed by atoms with E-state index < -0.39 is 0 Å². The predicted octanol–water partition coefficient (Wildman–Crippen LogP) is 4.07. The zero-order valence-corrected chi connectivity index (χ0v) is 14.8. The quantitative estimate of drug-likeness (QED) is 0.702. The van der Waals surface area contributed by atoms with Gasteiger partial charge in [0.25, 0.3) is 5.91 Å². The average molecular weight is 351 g/mol. The molecule has 0 saturated carbocycles. The van der Waals surface area contributed by atoms with Crippen LogP contribution < -0.4 is 10.1 Å². The number of nitrogens with one attached hydrogen (secondary N) is 1. The second-order valence-electron chi connectivity index (χ2n) is 6.04. The van der Waals surface area contributed by atoms with E-state index in [4.69, 9.17) is 14.3 Å². The monoisotopic (exact) mass is 351 g/mol. The summed E-state index contributed by atoms with van der Waals surface area (Å²) in [6.45, 7) is 3.76. The molecule has 3 aromatic rings. The van der Waals surface area contributed by atoms with Crippen molar-refractivity contribution >= 4 is 11.6 Å². The van der Waals surface area contributed by atoms with Crippen molar-refractivity contribution in [2.75, 3.05) is 11.9 Å². The Morgan fingerprint density at radius 1 is 1.12 bits per heavy atom. The van der Waals surface area contributed by atoms with Crippen molar-refractivity contribution in [2.24, 2.45) is 0 Å². The summed E-state index contributed by atoms with van der Waals surface area (Å²) in [5, 5.41) is 11.9. The van der Waals surface area contributed by atoms with E-state index >= 15 is 0 Å². The third-order valence-corrected chi connectivity index (χ3v) is 4.16. The third kappa shape index (κ3) is 4.13. The van der Waals surface area contributed by atoms with Crippen molar-refractivity contribution in [1.29, 1.82) is 0 Å². The molecule has 0 fully saturated rings. The van der Waals surface area contributed by atoms with E-state index in [1.807, 2.05) is 50.2 Å². The molecule has 5 heteroatoms. The number of carbonyl (C=O) groups excluding carboxylic acids is 1. The number of hydrogen-bond donors (Lipinski definition) is 2. The summed E-state index contributed by atoms with van der Waals surface area (Å²) in [6.07, 6.45) is 0. The number of rotatable bonds is 6. The highest BCUT2D eigenvalue weighted by Crippen LogP contribution is 2.25. The second-order valence-corrected chi connectivity index (χ2v) is 6.04. The van der Waals surface area contributed by atoms with Gasteiger partial charge in [0.1, 0.15) is 23.9 Å². The molecule has 0 aliphatic heterocycles. The molecule has 0 radical (unpaired) electrons. The number of aliphatic hydroxyl groups excluding tert-OH is 1. The van der Waals surface area contributed by atoms with Crippen LogP contribution in [0.25, 0.3) is 11.3 Å². The molecule has 26 heavy (non-hydrogen) atoms. The fraction of sp³-hybridized carbons (Fsp3) is 0.190. The summed E-state index contributed by atoms with van der Waals surface area (Å²) in [7, 11) is 0. The first-order chi connectivity index (χ1) is 12.6. The van der Waals surface area contributed by atoms with Crippen LogP contribution in [0.2, 0.25) is 0 Å². The van der Waals surface area contributed by atoms with Gasteiger partial charge in [0.15, 0.2) is 6.61 Å². The minimum atomic E-state index is -0.237. The largest absolute Gasteiger partial charge is 0.483 e. The normalized spacial score (nSPS) is 10.6. The van der Waals surface area contributed by atoms with E-state index in [0.29, 0.717) is 23.0 Å². The maximum atomic E-state index is 12.2. The number of aliphatic hydroxyl groups is 1. The Morgan fingerprint density at radius 3 is 2.69 bits per heavy atom.